The van der Waals surface area contributed by atoms with Gasteiger partial charge in [-0.05, 0) is 67.3 Å². The van der Waals surface area contributed by atoms with Crippen molar-refractivity contribution < 1.29 is 14.0 Å². The van der Waals surface area contributed by atoms with E-state index in [-0.39, 0.29) is 30.7 Å². The number of hydrogen-bond donors (Lipinski definition) is 1. The summed E-state index contributed by atoms with van der Waals surface area (Å²) in [7, 11) is 1.72. The number of likely N-dealkylation sites (N-methyl/N-ethyl adjacent to an activating group) is 1. The van der Waals surface area contributed by atoms with E-state index in [2.05, 4.69) is 22.4 Å². The fourth-order valence-corrected chi connectivity index (χ4v) is 5.28. The second kappa shape index (κ2) is 12.4. The molecular formula is C28H35FN6O2S. The first-order chi connectivity index (χ1) is 18.2. The first-order valence-electron chi connectivity index (χ1n) is 13.0. The van der Waals surface area contributed by atoms with Gasteiger partial charge in [-0.25, -0.2) is 9.40 Å². The third-order valence-electron chi connectivity index (χ3n) is 6.73. The van der Waals surface area contributed by atoms with Gasteiger partial charge >= 0.3 is 0 Å². The van der Waals surface area contributed by atoms with E-state index in [1.165, 1.54) is 23.5 Å². The number of unbranched alkanes of at least 4 members (excludes halogenated alkanes) is 2. The van der Waals surface area contributed by atoms with Gasteiger partial charge in [0.05, 0.1) is 13.1 Å². The molecule has 10 heteroatoms. The number of nitrogens with one attached hydrogen (secondary N) is 1. The molecule has 0 bridgehead atoms. The predicted molar refractivity (Wildman–Crippen MR) is 148 cm³/mol. The summed E-state index contributed by atoms with van der Waals surface area (Å²) in [5.74, 6) is -0.553. The minimum Gasteiger partial charge on any atom is -0.355 e. The Balaban J connectivity index is 1.50. The van der Waals surface area contributed by atoms with E-state index in [1.807, 2.05) is 42.0 Å². The molecule has 1 N–H and O–H groups in total. The zero-order valence-electron chi connectivity index (χ0n) is 22.5. The third-order valence-corrected chi connectivity index (χ3v) is 7.62. The van der Waals surface area contributed by atoms with E-state index in [0.29, 0.717) is 19.6 Å². The van der Waals surface area contributed by atoms with Crippen molar-refractivity contribution in [1.29, 1.82) is 0 Å². The lowest BCUT2D eigenvalue weighted by molar-refractivity contribution is -0.145. The summed E-state index contributed by atoms with van der Waals surface area (Å²) in [6.07, 6.45) is 3.06. The van der Waals surface area contributed by atoms with Crippen molar-refractivity contribution in [2.75, 3.05) is 31.6 Å². The molecule has 0 spiro atoms. The first kappa shape index (κ1) is 27.7. The number of carbonyl (C=O) groups excluding carboxylic acids is 2. The van der Waals surface area contributed by atoms with Gasteiger partial charge < -0.3 is 10.2 Å². The molecule has 4 rings (SSSR count). The summed E-state index contributed by atoms with van der Waals surface area (Å²) in [6.45, 7) is 7.71. The second-order valence-corrected chi connectivity index (χ2v) is 10.9. The van der Waals surface area contributed by atoms with E-state index in [4.69, 9.17) is 0 Å². The Kier molecular flexibility index (Phi) is 9.06. The Labute approximate surface area is 227 Å². The number of nitrogens with zero attached hydrogens (tertiary/aromatic N) is 5. The molecule has 202 valence electrons. The van der Waals surface area contributed by atoms with Gasteiger partial charge in [0.1, 0.15) is 15.8 Å². The van der Waals surface area contributed by atoms with Crippen LogP contribution < -0.4 is 10.2 Å². The van der Waals surface area contributed by atoms with Gasteiger partial charge in [0, 0.05) is 37.9 Å². The lowest BCUT2D eigenvalue weighted by Gasteiger charge is -2.32. The first-order valence-corrected chi connectivity index (χ1v) is 13.8. The highest BCUT2D eigenvalue weighted by Gasteiger charge is 2.27. The fourth-order valence-electron chi connectivity index (χ4n) is 4.60. The van der Waals surface area contributed by atoms with E-state index in [9.17, 15) is 14.0 Å². The highest BCUT2D eigenvalue weighted by Crippen LogP contribution is 2.29. The SMILES string of the molecule is CCCCCNC(=O)CN(CC(=O)N(C)N1Cc2ccc(F)cc2C1)c1ccc(-c2nnc(C)s2)cc1C. The van der Waals surface area contributed by atoms with Crippen molar-refractivity contribution in [3.8, 4) is 10.6 Å². The number of carbonyl (C=O) groups is 2. The van der Waals surface area contributed by atoms with Crippen LogP contribution in [0.25, 0.3) is 10.6 Å². The van der Waals surface area contributed by atoms with Crippen LogP contribution >= 0.6 is 11.3 Å². The molecule has 8 nitrogen and oxygen atoms in total. The number of fused-ring (bicyclic) bond motifs is 1. The summed E-state index contributed by atoms with van der Waals surface area (Å²) in [5.41, 5.74) is 4.59. The summed E-state index contributed by atoms with van der Waals surface area (Å²) >= 11 is 1.52. The average Bonchev–Trinajstić information content (AvgIpc) is 3.51. The number of rotatable bonds is 11. The molecule has 38 heavy (non-hydrogen) atoms. The number of anilines is 1. The molecule has 3 aromatic rings. The summed E-state index contributed by atoms with van der Waals surface area (Å²) in [6, 6.07) is 10.6. The molecule has 0 fully saturated rings. The predicted octanol–water partition coefficient (Wildman–Crippen LogP) is 4.46. The van der Waals surface area contributed by atoms with Gasteiger partial charge in [0.2, 0.25) is 5.91 Å². The van der Waals surface area contributed by atoms with Crippen LogP contribution in [-0.2, 0) is 22.7 Å². The average molecular weight is 539 g/mol. The minimum absolute atomic E-state index is 0.0260. The van der Waals surface area contributed by atoms with Crippen LogP contribution in [0, 0.1) is 19.7 Å². The number of amides is 2. The van der Waals surface area contributed by atoms with E-state index in [1.54, 1.807) is 18.1 Å². The Hall–Kier alpha value is -3.37. The number of hydrogen-bond acceptors (Lipinski definition) is 7. The highest BCUT2D eigenvalue weighted by molar-refractivity contribution is 7.14. The van der Waals surface area contributed by atoms with Crippen LogP contribution in [0.2, 0.25) is 0 Å². The number of aryl methyl sites for hydroxylation is 2. The Morgan fingerprint density at radius 1 is 1.05 bits per heavy atom. The lowest BCUT2D eigenvalue weighted by atomic mass is 10.1. The molecule has 0 saturated heterocycles. The molecular weight excluding hydrogens is 503 g/mol. The Morgan fingerprint density at radius 3 is 2.55 bits per heavy atom. The highest BCUT2D eigenvalue weighted by atomic mass is 32.1. The Morgan fingerprint density at radius 2 is 1.84 bits per heavy atom. The standard InChI is InChI=1S/C28H35FN6O2S/c1-5-6-7-12-30-26(36)17-34(25-11-9-21(13-19(25)2)28-32-31-20(3)38-28)18-27(37)33(4)35-15-22-8-10-24(29)14-23(22)16-35/h8-11,13-14H,5-7,12,15-18H2,1-4H3,(H,30,36). The zero-order chi connectivity index (χ0) is 27.2. The van der Waals surface area contributed by atoms with E-state index in [0.717, 1.165) is 57.2 Å². The number of hydrazine groups is 1. The van der Waals surface area contributed by atoms with Gasteiger partial charge in [-0.2, -0.15) is 0 Å². The lowest BCUT2D eigenvalue weighted by Crippen LogP contribution is -2.48. The third kappa shape index (κ3) is 6.73. The largest absolute Gasteiger partial charge is 0.355 e. The van der Waals surface area contributed by atoms with E-state index < -0.39 is 0 Å². The molecule has 0 aliphatic carbocycles. The van der Waals surface area contributed by atoms with Gasteiger partial charge in [0.15, 0.2) is 0 Å². The summed E-state index contributed by atoms with van der Waals surface area (Å²) < 4.78 is 13.7. The molecule has 2 amide bonds. The van der Waals surface area contributed by atoms with Crippen molar-refractivity contribution in [2.24, 2.45) is 0 Å². The van der Waals surface area contributed by atoms with Crippen LogP contribution in [0.3, 0.4) is 0 Å². The molecule has 1 aliphatic rings. The maximum atomic E-state index is 13.7. The second-order valence-electron chi connectivity index (χ2n) is 9.69. The maximum absolute atomic E-state index is 13.7. The molecule has 2 heterocycles. The topological polar surface area (TPSA) is 81.7 Å². The van der Waals surface area contributed by atoms with Crippen molar-refractivity contribution in [2.45, 2.75) is 53.1 Å². The van der Waals surface area contributed by atoms with Crippen molar-refractivity contribution in [3.05, 3.63) is 63.9 Å². The smallest absolute Gasteiger partial charge is 0.256 e. The molecule has 2 aromatic carbocycles. The summed E-state index contributed by atoms with van der Waals surface area (Å²) in [4.78, 5) is 28.1. The van der Waals surface area contributed by atoms with Gasteiger partial charge in [-0.1, -0.05) is 37.2 Å². The van der Waals surface area contributed by atoms with Crippen LogP contribution in [0.4, 0.5) is 10.1 Å². The fraction of sp³-hybridized carbons (Fsp3) is 0.429. The van der Waals surface area contributed by atoms with Crippen LogP contribution in [0.15, 0.2) is 36.4 Å². The van der Waals surface area contributed by atoms with Gasteiger partial charge in [-0.15, -0.1) is 10.2 Å². The van der Waals surface area contributed by atoms with Crippen LogP contribution in [0.5, 0.6) is 0 Å². The number of aromatic nitrogens is 2. The molecule has 0 radical (unpaired) electrons. The molecule has 0 atom stereocenters. The molecule has 1 aliphatic heterocycles. The van der Waals surface area contributed by atoms with Crippen molar-refractivity contribution in [1.82, 2.24) is 25.5 Å². The molecule has 0 unspecified atom stereocenters. The van der Waals surface area contributed by atoms with Gasteiger partial charge in [0.25, 0.3) is 5.91 Å². The normalized spacial score (nSPS) is 12.9. The number of benzene rings is 2. The van der Waals surface area contributed by atoms with Crippen molar-refractivity contribution >= 4 is 28.8 Å². The molecule has 0 saturated carbocycles. The van der Waals surface area contributed by atoms with Gasteiger partial charge in [-0.3, -0.25) is 14.6 Å². The van der Waals surface area contributed by atoms with Crippen LogP contribution in [0.1, 0.15) is 47.9 Å². The summed E-state index contributed by atoms with van der Waals surface area (Å²) in [5, 5.41) is 16.5. The zero-order valence-corrected chi connectivity index (χ0v) is 23.3. The van der Waals surface area contributed by atoms with Crippen molar-refractivity contribution in [3.63, 3.8) is 0 Å². The van der Waals surface area contributed by atoms with Crippen LogP contribution in [-0.4, -0.2) is 58.7 Å². The quantitative estimate of drug-likeness (QED) is 0.363. The monoisotopic (exact) mass is 538 g/mol. The molecule has 1 aromatic heterocycles. The van der Waals surface area contributed by atoms with E-state index >= 15 is 0 Å². The maximum Gasteiger partial charge on any atom is 0.256 e. The minimum atomic E-state index is -0.279. The number of halogens is 1. The Bertz CT molecular complexity index is 1300.